The minimum absolute atomic E-state index is 0.103. The number of hydrogen-bond donors (Lipinski definition) is 0. The highest BCUT2D eigenvalue weighted by molar-refractivity contribution is 6.22. The average Bonchev–Trinajstić information content (AvgIpc) is 2.55. The van der Waals surface area contributed by atoms with Gasteiger partial charge in [-0.1, -0.05) is 24.3 Å². The number of carbonyl (C=O) groups excluding carboxylic acids is 1. The number of nitrogens with zero attached hydrogens (tertiary/aromatic N) is 1. The molecule has 1 aliphatic rings. The van der Waals surface area contributed by atoms with Gasteiger partial charge in [-0.3, -0.25) is 9.78 Å². The van der Waals surface area contributed by atoms with Crippen molar-refractivity contribution in [2.45, 2.75) is 6.92 Å². The van der Waals surface area contributed by atoms with Gasteiger partial charge < -0.3 is 0 Å². The van der Waals surface area contributed by atoms with Gasteiger partial charge in [0.1, 0.15) is 0 Å². The number of fused-ring (bicyclic) bond motifs is 3. The molecule has 1 aromatic carbocycles. The molecule has 0 amide bonds. The zero-order valence-corrected chi connectivity index (χ0v) is 8.32. The van der Waals surface area contributed by atoms with E-state index in [1.54, 1.807) is 6.20 Å². The van der Waals surface area contributed by atoms with Gasteiger partial charge in [0.15, 0.2) is 5.78 Å². The first-order chi connectivity index (χ1) is 7.29. The number of ketones is 1. The SMILES string of the molecule is Cc1nccc2c1C(=O)c1ccccc1-2. The van der Waals surface area contributed by atoms with Crippen molar-refractivity contribution in [3.8, 4) is 11.1 Å². The molecule has 3 rings (SSSR count). The van der Waals surface area contributed by atoms with Gasteiger partial charge in [-0.15, -0.1) is 0 Å². The zero-order valence-electron chi connectivity index (χ0n) is 8.32. The monoisotopic (exact) mass is 195 g/mol. The van der Waals surface area contributed by atoms with Gasteiger partial charge in [0, 0.05) is 17.5 Å². The van der Waals surface area contributed by atoms with E-state index < -0.39 is 0 Å². The van der Waals surface area contributed by atoms with Gasteiger partial charge in [0.05, 0.1) is 5.56 Å². The summed E-state index contributed by atoms with van der Waals surface area (Å²) in [5.74, 6) is 0.103. The smallest absolute Gasteiger partial charge is 0.196 e. The lowest BCUT2D eigenvalue weighted by atomic mass is 10.1. The van der Waals surface area contributed by atoms with Crippen molar-refractivity contribution in [2.24, 2.45) is 0 Å². The molecule has 2 aromatic rings. The molecule has 1 heterocycles. The summed E-state index contributed by atoms with van der Waals surface area (Å²) in [6.45, 7) is 1.88. The second-order valence-electron chi connectivity index (χ2n) is 3.69. The number of aromatic nitrogens is 1. The van der Waals surface area contributed by atoms with E-state index in [1.165, 1.54) is 0 Å². The molecular weight excluding hydrogens is 186 g/mol. The van der Waals surface area contributed by atoms with Crippen molar-refractivity contribution < 1.29 is 4.79 Å². The summed E-state index contributed by atoms with van der Waals surface area (Å²) < 4.78 is 0. The van der Waals surface area contributed by atoms with E-state index in [0.717, 1.165) is 27.9 Å². The fourth-order valence-corrected chi connectivity index (χ4v) is 2.13. The summed E-state index contributed by atoms with van der Waals surface area (Å²) in [7, 11) is 0. The summed E-state index contributed by atoms with van der Waals surface area (Å²) in [6, 6.07) is 9.62. The number of hydrogen-bond acceptors (Lipinski definition) is 2. The highest BCUT2D eigenvalue weighted by Crippen LogP contribution is 2.36. The third-order valence-electron chi connectivity index (χ3n) is 2.83. The molecule has 0 saturated heterocycles. The van der Waals surface area contributed by atoms with Crippen molar-refractivity contribution in [3.63, 3.8) is 0 Å². The third-order valence-corrected chi connectivity index (χ3v) is 2.83. The van der Waals surface area contributed by atoms with Crippen LogP contribution in [0.4, 0.5) is 0 Å². The summed E-state index contributed by atoms with van der Waals surface area (Å²) in [5, 5.41) is 0. The number of aryl methyl sites for hydroxylation is 1. The molecule has 0 bridgehead atoms. The molecule has 0 radical (unpaired) electrons. The highest BCUT2D eigenvalue weighted by atomic mass is 16.1. The van der Waals surface area contributed by atoms with E-state index >= 15 is 0 Å². The second-order valence-corrected chi connectivity index (χ2v) is 3.69. The second kappa shape index (κ2) is 2.76. The molecule has 0 atom stereocenters. The number of rotatable bonds is 0. The summed E-state index contributed by atoms with van der Waals surface area (Å²) >= 11 is 0. The first kappa shape index (κ1) is 8.36. The fourth-order valence-electron chi connectivity index (χ4n) is 2.13. The topological polar surface area (TPSA) is 30.0 Å². The Morgan fingerprint density at radius 3 is 2.53 bits per heavy atom. The lowest BCUT2D eigenvalue weighted by Gasteiger charge is -2.00. The number of benzene rings is 1. The Morgan fingerprint density at radius 1 is 1.00 bits per heavy atom. The average molecular weight is 195 g/mol. The molecule has 0 spiro atoms. The molecule has 1 aliphatic carbocycles. The molecule has 72 valence electrons. The number of carbonyl (C=O) groups is 1. The van der Waals surface area contributed by atoms with Crippen LogP contribution in [0.2, 0.25) is 0 Å². The maximum atomic E-state index is 12.1. The predicted molar refractivity (Wildman–Crippen MR) is 57.8 cm³/mol. The standard InChI is InChI=1S/C13H9NO/c1-8-12-10(6-7-14-8)9-4-2-3-5-11(9)13(12)15/h2-7H,1H3. The molecule has 2 nitrogen and oxygen atoms in total. The van der Waals surface area contributed by atoms with Crippen molar-refractivity contribution in [3.05, 3.63) is 53.3 Å². The maximum absolute atomic E-state index is 12.1. The lowest BCUT2D eigenvalue weighted by molar-refractivity contribution is 0.104. The molecule has 2 heteroatoms. The molecule has 1 aromatic heterocycles. The Bertz CT molecular complexity index is 572. The quantitative estimate of drug-likeness (QED) is 0.552. The predicted octanol–water partition coefficient (Wildman–Crippen LogP) is 2.60. The van der Waals surface area contributed by atoms with E-state index in [-0.39, 0.29) is 5.78 Å². The van der Waals surface area contributed by atoms with Crippen LogP contribution in [0.25, 0.3) is 11.1 Å². The Hall–Kier alpha value is -1.96. The Labute approximate surface area is 87.6 Å². The van der Waals surface area contributed by atoms with Crippen molar-refractivity contribution in [2.75, 3.05) is 0 Å². The van der Waals surface area contributed by atoms with E-state index in [2.05, 4.69) is 4.98 Å². The van der Waals surface area contributed by atoms with Gasteiger partial charge in [-0.05, 0) is 24.1 Å². The van der Waals surface area contributed by atoms with E-state index in [9.17, 15) is 4.79 Å². The van der Waals surface area contributed by atoms with Crippen molar-refractivity contribution in [1.82, 2.24) is 4.98 Å². The Kier molecular flexibility index (Phi) is 1.54. The Morgan fingerprint density at radius 2 is 1.73 bits per heavy atom. The minimum Gasteiger partial charge on any atom is -0.288 e. The minimum atomic E-state index is 0.103. The molecule has 0 saturated carbocycles. The summed E-state index contributed by atoms with van der Waals surface area (Å²) in [4.78, 5) is 16.2. The van der Waals surface area contributed by atoms with Crippen LogP contribution in [0, 0.1) is 6.92 Å². The van der Waals surface area contributed by atoms with Gasteiger partial charge in [-0.25, -0.2) is 0 Å². The van der Waals surface area contributed by atoms with E-state index in [1.807, 2.05) is 37.3 Å². The van der Waals surface area contributed by atoms with E-state index in [4.69, 9.17) is 0 Å². The van der Waals surface area contributed by atoms with Gasteiger partial charge in [0.25, 0.3) is 0 Å². The van der Waals surface area contributed by atoms with Crippen LogP contribution in [0.1, 0.15) is 21.6 Å². The fraction of sp³-hybridized carbons (Fsp3) is 0.0769. The molecular formula is C13H9NO. The molecule has 0 N–H and O–H groups in total. The molecule has 0 unspecified atom stereocenters. The van der Waals surface area contributed by atoms with Gasteiger partial charge in [-0.2, -0.15) is 0 Å². The normalized spacial score (nSPS) is 12.5. The molecule has 0 fully saturated rings. The largest absolute Gasteiger partial charge is 0.288 e. The molecule has 0 aliphatic heterocycles. The van der Waals surface area contributed by atoms with Crippen LogP contribution in [-0.2, 0) is 0 Å². The van der Waals surface area contributed by atoms with Crippen LogP contribution in [-0.4, -0.2) is 10.8 Å². The van der Waals surface area contributed by atoms with Crippen LogP contribution in [0.5, 0.6) is 0 Å². The van der Waals surface area contributed by atoms with Gasteiger partial charge >= 0.3 is 0 Å². The Balaban J connectivity index is 2.43. The first-order valence-corrected chi connectivity index (χ1v) is 4.89. The van der Waals surface area contributed by atoms with E-state index in [0.29, 0.717) is 0 Å². The summed E-state index contributed by atoms with van der Waals surface area (Å²) in [5.41, 5.74) is 4.42. The lowest BCUT2D eigenvalue weighted by Crippen LogP contribution is -1.99. The first-order valence-electron chi connectivity index (χ1n) is 4.89. The van der Waals surface area contributed by atoms with Crippen LogP contribution < -0.4 is 0 Å². The highest BCUT2D eigenvalue weighted by Gasteiger charge is 2.27. The summed E-state index contributed by atoms with van der Waals surface area (Å²) in [6.07, 6.45) is 1.75. The van der Waals surface area contributed by atoms with Crippen LogP contribution in [0.3, 0.4) is 0 Å². The zero-order chi connectivity index (χ0) is 10.4. The van der Waals surface area contributed by atoms with Crippen LogP contribution >= 0.6 is 0 Å². The maximum Gasteiger partial charge on any atom is 0.196 e. The van der Waals surface area contributed by atoms with Gasteiger partial charge in [0.2, 0.25) is 0 Å². The van der Waals surface area contributed by atoms with Crippen molar-refractivity contribution in [1.29, 1.82) is 0 Å². The van der Waals surface area contributed by atoms with Crippen molar-refractivity contribution >= 4 is 5.78 Å². The third kappa shape index (κ3) is 0.988. The van der Waals surface area contributed by atoms with Crippen LogP contribution in [0.15, 0.2) is 36.5 Å². The molecule has 15 heavy (non-hydrogen) atoms. The number of pyridine rings is 1.